The summed E-state index contributed by atoms with van der Waals surface area (Å²) in [4.78, 5) is 10.8. The predicted molar refractivity (Wildman–Crippen MR) is 73.8 cm³/mol. The lowest BCUT2D eigenvalue weighted by atomic mass is 10.0. The van der Waals surface area contributed by atoms with Gasteiger partial charge in [0.05, 0.1) is 12.2 Å². The van der Waals surface area contributed by atoms with Crippen LogP contribution < -0.4 is 0 Å². The van der Waals surface area contributed by atoms with Gasteiger partial charge >= 0.3 is 0 Å². The molecule has 0 saturated carbocycles. The average Bonchev–Trinajstić information content (AvgIpc) is 2.15. The molecule has 0 rings (SSSR count). The van der Waals surface area contributed by atoms with Gasteiger partial charge in [0.1, 0.15) is 6.29 Å². The minimum absolute atomic E-state index is 0.0545. The van der Waals surface area contributed by atoms with Crippen LogP contribution in [0.4, 0.5) is 0 Å². The zero-order valence-corrected chi connectivity index (χ0v) is 13.5. The van der Waals surface area contributed by atoms with E-state index in [-0.39, 0.29) is 23.2 Å². The topological polar surface area (TPSA) is 35.5 Å². The van der Waals surface area contributed by atoms with E-state index in [1.54, 1.807) is 7.11 Å². The predicted octanol–water partition coefficient (Wildman–Crippen LogP) is 3.25. The molecule has 0 aromatic rings. The van der Waals surface area contributed by atoms with Crippen LogP contribution in [0, 0.1) is 5.92 Å². The Hall–Kier alpha value is -0.193. The van der Waals surface area contributed by atoms with Gasteiger partial charge in [0.2, 0.25) is 0 Å². The van der Waals surface area contributed by atoms with Gasteiger partial charge in [-0.2, -0.15) is 0 Å². The van der Waals surface area contributed by atoms with Crippen molar-refractivity contribution < 1.29 is 14.0 Å². The highest BCUT2D eigenvalue weighted by Gasteiger charge is 2.40. The first-order valence-electron chi connectivity index (χ1n) is 6.22. The van der Waals surface area contributed by atoms with Crippen molar-refractivity contribution in [1.29, 1.82) is 0 Å². The third-order valence-electron chi connectivity index (χ3n) is 3.75. The Morgan fingerprint density at radius 2 is 1.65 bits per heavy atom. The summed E-state index contributed by atoms with van der Waals surface area (Å²) in [5, 5.41) is 0.171. The van der Waals surface area contributed by atoms with Crippen LogP contribution in [0.25, 0.3) is 0 Å². The lowest BCUT2D eigenvalue weighted by molar-refractivity contribution is -0.117. The smallest absolute Gasteiger partial charge is 0.192 e. The molecule has 0 saturated heterocycles. The Morgan fingerprint density at radius 1 is 1.18 bits per heavy atom. The monoisotopic (exact) mass is 260 g/mol. The van der Waals surface area contributed by atoms with Crippen molar-refractivity contribution in [2.75, 3.05) is 7.11 Å². The second kappa shape index (κ2) is 6.11. The molecule has 0 aromatic carbocycles. The molecule has 0 aliphatic carbocycles. The van der Waals surface area contributed by atoms with Crippen molar-refractivity contribution in [3.63, 3.8) is 0 Å². The molecule has 3 nitrogen and oxygen atoms in total. The summed E-state index contributed by atoms with van der Waals surface area (Å²) in [6, 6.07) is 0. The zero-order valence-electron chi connectivity index (χ0n) is 12.5. The highest BCUT2D eigenvalue weighted by Crippen LogP contribution is 2.38. The molecule has 0 aliphatic heterocycles. The molecule has 0 N–H and O–H groups in total. The van der Waals surface area contributed by atoms with Crippen LogP contribution in [0.15, 0.2) is 0 Å². The summed E-state index contributed by atoms with van der Waals surface area (Å²) in [6.07, 6.45) is 0.711. The van der Waals surface area contributed by atoms with Crippen molar-refractivity contribution in [2.24, 2.45) is 5.92 Å². The Morgan fingerprint density at radius 3 is 1.94 bits per heavy atom. The second-order valence-corrected chi connectivity index (χ2v) is 11.0. The van der Waals surface area contributed by atoms with Crippen LogP contribution in [-0.4, -0.2) is 33.9 Å². The van der Waals surface area contributed by atoms with Crippen LogP contribution in [-0.2, 0) is 14.0 Å². The molecule has 0 radical (unpaired) electrons. The third-order valence-corrected chi connectivity index (χ3v) is 8.33. The maximum absolute atomic E-state index is 10.8. The molecular formula is C13H28O3Si. The van der Waals surface area contributed by atoms with E-state index in [0.29, 0.717) is 0 Å². The van der Waals surface area contributed by atoms with E-state index in [1.165, 1.54) is 0 Å². The van der Waals surface area contributed by atoms with E-state index in [2.05, 4.69) is 33.9 Å². The third kappa shape index (κ3) is 4.52. The molecule has 0 aromatic heterocycles. The van der Waals surface area contributed by atoms with Crippen LogP contribution in [0.5, 0.6) is 0 Å². The first kappa shape index (κ1) is 16.8. The maximum Gasteiger partial charge on any atom is 0.192 e. The normalized spacial score (nSPS) is 18.6. The number of ether oxygens (including phenoxy) is 1. The Bertz CT molecular complexity index is 246. The van der Waals surface area contributed by atoms with E-state index < -0.39 is 8.32 Å². The molecule has 0 heterocycles. The number of carbonyl (C=O) groups excluding carboxylic acids is 1. The Kier molecular flexibility index (Phi) is 6.05. The molecule has 102 valence electrons. The molecule has 17 heavy (non-hydrogen) atoms. The fourth-order valence-electron chi connectivity index (χ4n) is 1.62. The van der Waals surface area contributed by atoms with Gasteiger partial charge in [-0.25, -0.2) is 0 Å². The molecule has 0 unspecified atom stereocenters. The van der Waals surface area contributed by atoms with E-state index >= 15 is 0 Å². The summed E-state index contributed by atoms with van der Waals surface area (Å²) in [7, 11) is -0.166. The summed E-state index contributed by atoms with van der Waals surface area (Å²) in [5.41, 5.74) is 0. The van der Waals surface area contributed by atoms with E-state index in [4.69, 9.17) is 9.16 Å². The first-order chi connectivity index (χ1) is 7.56. The Balaban J connectivity index is 4.72. The number of hydrogen-bond donors (Lipinski definition) is 0. The van der Waals surface area contributed by atoms with Gasteiger partial charge in [-0.3, -0.25) is 0 Å². The van der Waals surface area contributed by atoms with Crippen LogP contribution in [0.1, 0.15) is 34.6 Å². The number of carbonyl (C=O) groups is 1. The summed E-state index contributed by atoms with van der Waals surface area (Å²) < 4.78 is 11.6. The SMILES string of the molecule is CO[C@H]([C@H](C)C=O)[C@@H](C)O[Si](C)(C)C(C)(C)C. The lowest BCUT2D eigenvalue weighted by Gasteiger charge is -2.40. The number of hydrogen-bond acceptors (Lipinski definition) is 3. The van der Waals surface area contributed by atoms with Crippen molar-refractivity contribution in [3.05, 3.63) is 0 Å². The fourth-order valence-corrected chi connectivity index (χ4v) is 3.04. The minimum atomic E-state index is -1.80. The molecule has 4 heteroatoms. The Labute approximate surface area is 107 Å². The van der Waals surface area contributed by atoms with Gasteiger partial charge in [-0.1, -0.05) is 27.7 Å². The quantitative estimate of drug-likeness (QED) is 0.543. The largest absolute Gasteiger partial charge is 0.412 e. The van der Waals surface area contributed by atoms with Crippen molar-refractivity contribution in [2.45, 2.75) is 65.0 Å². The van der Waals surface area contributed by atoms with Crippen LogP contribution >= 0.6 is 0 Å². The highest BCUT2D eigenvalue weighted by molar-refractivity contribution is 6.74. The molecule has 0 fully saturated rings. The van der Waals surface area contributed by atoms with Gasteiger partial charge in [0.15, 0.2) is 8.32 Å². The molecule has 0 aliphatic rings. The molecular weight excluding hydrogens is 232 g/mol. The van der Waals surface area contributed by atoms with Crippen LogP contribution in [0.2, 0.25) is 18.1 Å². The van der Waals surface area contributed by atoms with Crippen LogP contribution in [0.3, 0.4) is 0 Å². The molecule has 0 amide bonds. The first-order valence-corrected chi connectivity index (χ1v) is 9.13. The zero-order chi connectivity index (χ0) is 13.9. The number of aldehydes is 1. The molecule has 0 spiro atoms. The van der Waals surface area contributed by atoms with Gasteiger partial charge in [-0.05, 0) is 25.1 Å². The minimum Gasteiger partial charge on any atom is -0.412 e. The average molecular weight is 260 g/mol. The number of methoxy groups -OCH3 is 1. The van der Waals surface area contributed by atoms with Crippen molar-refractivity contribution in [3.8, 4) is 0 Å². The molecule has 0 bridgehead atoms. The second-order valence-electron chi connectivity index (χ2n) is 6.28. The summed E-state index contributed by atoms with van der Waals surface area (Å²) in [6.45, 7) is 14.9. The van der Waals surface area contributed by atoms with Crippen molar-refractivity contribution in [1.82, 2.24) is 0 Å². The summed E-state index contributed by atoms with van der Waals surface area (Å²) >= 11 is 0. The summed E-state index contributed by atoms with van der Waals surface area (Å²) in [5.74, 6) is -0.139. The van der Waals surface area contributed by atoms with Gasteiger partial charge in [0.25, 0.3) is 0 Å². The van der Waals surface area contributed by atoms with Gasteiger partial charge in [-0.15, -0.1) is 0 Å². The molecule has 3 atom stereocenters. The maximum atomic E-state index is 10.8. The number of rotatable bonds is 6. The van der Waals surface area contributed by atoms with E-state index in [0.717, 1.165) is 6.29 Å². The van der Waals surface area contributed by atoms with Gasteiger partial charge in [0, 0.05) is 13.0 Å². The van der Waals surface area contributed by atoms with E-state index in [9.17, 15) is 4.79 Å². The lowest BCUT2D eigenvalue weighted by Crippen LogP contribution is -2.48. The van der Waals surface area contributed by atoms with Gasteiger partial charge < -0.3 is 14.0 Å². The standard InChI is InChI=1S/C13H28O3Si/c1-10(9-14)12(15-6)11(2)16-17(7,8)13(3,4)5/h9-12H,1-8H3/t10-,11-,12-/m1/s1. The highest BCUT2D eigenvalue weighted by atomic mass is 28.4. The van der Waals surface area contributed by atoms with E-state index in [1.807, 2.05) is 13.8 Å². The fraction of sp³-hybridized carbons (Fsp3) is 0.923. The van der Waals surface area contributed by atoms with Crippen molar-refractivity contribution >= 4 is 14.6 Å².